The van der Waals surface area contributed by atoms with Gasteiger partial charge in [0.25, 0.3) is 5.91 Å². The number of aromatic nitrogens is 2. The number of nitrogens with one attached hydrogen (secondary N) is 1. The summed E-state index contributed by atoms with van der Waals surface area (Å²) < 4.78 is 10.5. The molecule has 2 aromatic rings. The van der Waals surface area contributed by atoms with Crippen LogP contribution in [0.5, 0.6) is 5.88 Å². The molecule has 0 bridgehead atoms. The van der Waals surface area contributed by atoms with Crippen molar-refractivity contribution < 1.29 is 14.3 Å². The number of aryl methyl sites for hydroxylation is 1. The van der Waals surface area contributed by atoms with Crippen LogP contribution in [0.4, 0.5) is 0 Å². The molecule has 0 saturated carbocycles. The molecule has 0 unspecified atom stereocenters. The van der Waals surface area contributed by atoms with Crippen LogP contribution in [-0.2, 0) is 11.3 Å². The zero-order valence-corrected chi connectivity index (χ0v) is 14.9. The van der Waals surface area contributed by atoms with E-state index in [2.05, 4.69) is 22.2 Å². The van der Waals surface area contributed by atoms with Gasteiger partial charge in [0.1, 0.15) is 11.4 Å². The van der Waals surface area contributed by atoms with Gasteiger partial charge in [-0.2, -0.15) is 4.98 Å². The molecule has 0 radical (unpaired) electrons. The van der Waals surface area contributed by atoms with Crippen molar-refractivity contribution in [2.24, 2.45) is 0 Å². The zero-order chi connectivity index (χ0) is 16.8. The van der Waals surface area contributed by atoms with Crippen molar-refractivity contribution in [2.75, 3.05) is 20.8 Å². The fraction of sp³-hybridized carbons (Fsp3) is 0.562. The number of unbranched alkanes of at least 4 members (excludes halogenated alkanes) is 2. The van der Waals surface area contributed by atoms with Crippen LogP contribution in [0.2, 0.25) is 0 Å². The SMILES string of the molecule is CCCCCNC(=O)c1sc2nc(COC)nc(OC)c2c1C. The van der Waals surface area contributed by atoms with Crippen molar-refractivity contribution in [2.45, 2.75) is 39.7 Å². The Morgan fingerprint density at radius 1 is 1.26 bits per heavy atom. The smallest absolute Gasteiger partial charge is 0.261 e. The van der Waals surface area contributed by atoms with E-state index in [0.717, 1.165) is 35.0 Å². The first-order chi connectivity index (χ1) is 11.1. The summed E-state index contributed by atoms with van der Waals surface area (Å²) in [6.45, 7) is 5.04. The summed E-state index contributed by atoms with van der Waals surface area (Å²) in [5, 5.41) is 3.77. The summed E-state index contributed by atoms with van der Waals surface area (Å²) in [6, 6.07) is 0. The highest BCUT2D eigenvalue weighted by molar-refractivity contribution is 7.20. The van der Waals surface area contributed by atoms with Gasteiger partial charge in [0.2, 0.25) is 5.88 Å². The second-order valence-corrected chi connectivity index (χ2v) is 6.28. The number of methoxy groups -OCH3 is 2. The molecule has 1 N–H and O–H groups in total. The topological polar surface area (TPSA) is 73.3 Å². The number of thiophene rings is 1. The highest BCUT2D eigenvalue weighted by atomic mass is 32.1. The molecule has 0 aliphatic heterocycles. The number of fused-ring (bicyclic) bond motifs is 1. The van der Waals surface area contributed by atoms with Gasteiger partial charge < -0.3 is 14.8 Å². The molecule has 2 heterocycles. The third kappa shape index (κ3) is 3.97. The van der Waals surface area contributed by atoms with Crippen molar-refractivity contribution in [3.8, 4) is 5.88 Å². The number of carbonyl (C=O) groups excluding carboxylic acids is 1. The molecule has 1 amide bonds. The molecule has 2 aromatic heterocycles. The fourth-order valence-corrected chi connectivity index (χ4v) is 3.47. The number of amides is 1. The Hall–Kier alpha value is -1.73. The highest BCUT2D eigenvalue weighted by Crippen LogP contribution is 2.34. The fourth-order valence-electron chi connectivity index (χ4n) is 2.36. The molecule has 0 aliphatic carbocycles. The molecule has 0 fully saturated rings. The molecule has 0 spiro atoms. The molecule has 6 nitrogen and oxygen atoms in total. The van der Waals surface area contributed by atoms with Crippen LogP contribution < -0.4 is 10.1 Å². The first-order valence-corrected chi connectivity index (χ1v) is 8.55. The van der Waals surface area contributed by atoms with E-state index in [4.69, 9.17) is 9.47 Å². The third-order valence-electron chi connectivity index (χ3n) is 3.54. The molecule has 2 rings (SSSR count). The largest absolute Gasteiger partial charge is 0.480 e. The van der Waals surface area contributed by atoms with E-state index in [0.29, 0.717) is 29.7 Å². The van der Waals surface area contributed by atoms with E-state index in [1.165, 1.54) is 11.3 Å². The minimum Gasteiger partial charge on any atom is -0.480 e. The Labute approximate surface area is 140 Å². The van der Waals surface area contributed by atoms with Gasteiger partial charge in [0.15, 0.2) is 5.82 Å². The van der Waals surface area contributed by atoms with E-state index >= 15 is 0 Å². The van der Waals surface area contributed by atoms with Gasteiger partial charge in [0, 0.05) is 13.7 Å². The number of hydrogen-bond donors (Lipinski definition) is 1. The lowest BCUT2D eigenvalue weighted by Gasteiger charge is -2.05. The third-order valence-corrected chi connectivity index (χ3v) is 4.73. The maximum absolute atomic E-state index is 12.4. The van der Waals surface area contributed by atoms with Gasteiger partial charge in [-0.3, -0.25) is 4.79 Å². The van der Waals surface area contributed by atoms with Crippen molar-refractivity contribution in [3.05, 3.63) is 16.3 Å². The predicted molar refractivity (Wildman–Crippen MR) is 91.3 cm³/mol. The van der Waals surface area contributed by atoms with Gasteiger partial charge in [-0.15, -0.1) is 11.3 Å². The number of ether oxygens (including phenoxy) is 2. The van der Waals surface area contributed by atoms with Gasteiger partial charge in [-0.05, 0) is 18.9 Å². The summed E-state index contributed by atoms with van der Waals surface area (Å²) in [7, 11) is 3.16. The average Bonchev–Trinajstić information content (AvgIpc) is 2.88. The minimum absolute atomic E-state index is 0.0584. The molecular weight excluding hydrogens is 314 g/mol. The second-order valence-electron chi connectivity index (χ2n) is 5.28. The number of rotatable bonds is 8. The van der Waals surface area contributed by atoms with Crippen LogP contribution in [-0.4, -0.2) is 36.6 Å². The van der Waals surface area contributed by atoms with Crippen LogP contribution in [0.15, 0.2) is 0 Å². The van der Waals surface area contributed by atoms with Gasteiger partial charge >= 0.3 is 0 Å². The van der Waals surface area contributed by atoms with E-state index in [1.807, 2.05) is 6.92 Å². The van der Waals surface area contributed by atoms with Crippen LogP contribution in [0.1, 0.15) is 47.2 Å². The predicted octanol–water partition coefficient (Wildman–Crippen LogP) is 3.07. The van der Waals surface area contributed by atoms with E-state index in [1.54, 1.807) is 14.2 Å². The van der Waals surface area contributed by atoms with Crippen molar-refractivity contribution in [1.82, 2.24) is 15.3 Å². The van der Waals surface area contributed by atoms with Crippen LogP contribution in [0, 0.1) is 6.92 Å². The zero-order valence-electron chi connectivity index (χ0n) is 14.1. The van der Waals surface area contributed by atoms with E-state index < -0.39 is 0 Å². The Morgan fingerprint density at radius 3 is 2.70 bits per heavy atom. The van der Waals surface area contributed by atoms with Crippen molar-refractivity contribution >= 4 is 27.5 Å². The Morgan fingerprint density at radius 2 is 2.04 bits per heavy atom. The monoisotopic (exact) mass is 337 g/mol. The first-order valence-electron chi connectivity index (χ1n) is 7.73. The summed E-state index contributed by atoms with van der Waals surface area (Å²) in [6.07, 6.45) is 3.24. The molecular formula is C16H23N3O3S. The second kappa shape index (κ2) is 8.21. The summed E-state index contributed by atoms with van der Waals surface area (Å²) in [5.41, 5.74) is 0.860. The molecule has 0 aromatic carbocycles. The average molecular weight is 337 g/mol. The number of nitrogens with zero attached hydrogens (tertiary/aromatic N) is 2. The molecule has 0 atom stereocenters. The Balaban J connectivity index is 2.31. The van der Waals surface area contributed by atoms with E-state index in [-0.39, 0.29) is 5.91 Å². The van der Waals surface area contributed by atoms with Crippen LogP contribution >= 0.6 is 11.3 Å². The standard InChI is InChI=1S/C16H23N3O3S/c1-5-6-7-8-17-14(20)13-10(2)12-15(22-4)18-11(9-21-3)19-16(12)23-13/h5-9H2,1-4H3,(H,17,20). The Kier molecular flexibility index (Phi) is 6.29. The lowest BCUT2D eigenvalue weighted by molar-refractivity contribution is 0.0956. The van der Waals surface area contributed by atoms with Gasteiger partial charge in [-0.25, -0.2) is 4.98 Å². The van der Waals surface area contributed by atoms with Crippen LogP contribution in [0.25, 0.3) is 10.2 Å². The molecule has 126 valence electrons. The lowest BCUT2D eigenvalue weighted by Crippen LogP contribution is -2.24. The van der Waals surface area contributed by atoms with E-state index in [9.17, 15) is 4.79 Å². The minimum atomic E-state index is -0.0584. The highest BCUT2D eigenvalue weighted by Gasteiger charge is 2.20. The normalized spacial score (nSPS) is 11.0. The van der Waals surface area contributed by atoms with Crippen molar-refractivity contribution in [1.29, 1.82) is 0 Å². The maximum atomic E-state index is 12.4. The van der Waals surface area contributed by atoms with Crippen molar-refractivity contribution in [3.63, 3.8) is 0 Å². The Bertz CT molecular complexity index is 685. The molecule has 23 heavy (non-hydrogen) atoms. The van der Waals surface area contributed by atoms with Gasteiger partial charge in [-0.1, -0.05) is 19.8 Å². The van der Waals surface area contributed by atoms with Crippen LogP contribution in [0.3, 0.4) is 0 Å². The molecule has 0 saturated heterocycles. The lowest BCUT2D eigenvalue weighted by atomic mass is 10.2. The molecule has 0 aliphatic rings. The molecule has 7 heteroatoms. The summed E-state index contributed by atoms with van der Waals surface area (Å²) in [5.74, 6) is 0.978. The number of carbonyl (C=O) groups is 1. The first kappa shape index (κ1) is 17.6. The summed E-state index contributed by atoms with van der Waals surface area (Å²) in [4.78, 5) is 22.6. The van der Waals surface area contributed by atoms with Gasteiger partial charge in [0.05, 0.1) is 17.4 Å². The quantitative estimate of drug-likeness (QED) is 0.749. The number of hydrogen-bond acceptors (Lipinski definition) is 6. The maximum Gasteiger partial charge on any atom is 0.261 e. The summed E-state index contributed by atoms with van der Waals surface area (Å²) >= 11 is 1.37.